The van der Waals surface area contributed by atoms with Gasteiger partial charge in [0, 0.05) is 16.6 Å². The van der Waals surface area contributed by atoms with Gasteiger partial charge in [-0.25, -0.2) is 10.3 Å². The molecule has 0 bridgehead atoms. The molecule has 5 heteroatoms. The largest absolute Gasteiger partial charge is 0.349 e. The highest BCUT2D eigenvalue weighted by Crippen LogP contribution is 2.23. The third-order valence-electron chi connectivity index (χ3n) is 2.09. The first-order valence-corrected chi connectivity index (χ1v) is 4.70. The molecule has 0 fully saturated rings. The lowest BCUT2D eigenvalue weighted by molar-refractivity contribution is 0.109. The predicted octanol–water partition coefficient (Wildman–Crippen LogP) is 2.41. The van der Waals surface area contributed by atoms with Crippen LogP contribution in [0.25, 0.3) is 10.9 Å². The van der Waals surface area contributed by atoms with Crippen molar-refractivity contribution < 1.29 is 9.63 Å². The van der Waals surface area contributed by atoms with Gasteiger partial charge in [-0.05, 0) is 18.2 Å². The van der Waals surface area contributed by atoms with Gasteiger partial charge in [0.2, 0.25) is 0 Å². The average molecular weight is 225 g/mol. The van der Waals surface area contributed by atoms with E-state index in [0.29, 0.717) is 5.02 Å². The Hall–Kier alpha value is -1.52. The Morgan fingerprint density at radius 3 is 3.00 bits per heavy atom. The number of carbonyl (C=O) groups is 1. The lowest BCUT2D eigenvalue weighted by Crippen LogP contribution is -2.26. The summed E-state index contributed by atoms with van der Waals surface area (Å²) >= 11 is 5.98. The first-order valence-electron chi connectivity index (χ1n) is 4.33. The molecule has 1 aromatic carbocycles. The number of nitrogens with one attached hydrogen (secondary N) is 1. The molecule has 0 spiro atoms. The monoisotopic (exact) mass is 224 g/mol. The number of aromatic nitrogens is 1. The fourth-order valence-corrected chi connectivity index (χ4v) is 1.68. The van der Waals surface area contributed by atoms with Crippen LogP contribution in [0.5, 0.6) is 0 Å². The Kier molecular flexibility index (Phi) is 2.62. The van der Waals surface area contributed by atoms with Crippen molar-refractivity contribution in [2.75, 3.05) is 7.11 Å². The molecule has 1 amide bonds. The topological polar surface area (TPSA) is 43.3 Å². The molecule has 0 radical (unpaired) electrons. The van der Waals surface area contributed by atoms with E-state index in [4.69, 9.17) is 11.6 Å². The van der Waals surface area contributed by atoms with Gasteiger partial charge in [0.1, 0.15) is 0 Å². The summed E-state index contributed by atoms with van der Waals surface area (Å²) < 4.78 is 1.44. The molecule has 15 heavy (non-hydrogen) atoms. The Bertz CT molecular complexity index is 507. The number of carbonyl (C=O) groups excluding carboxylic acids is 1. The second kappa shape index (κ2) is 3.92. The van der Waals surface area contributed by atoms with Crippen molar-refractivity contribution in [2.45, 2.75) is 0 Å². The summed E-state index contributed by atoms with van der Waals surface area (Å²) in [6, 6.07) is 6.82. The molecule has 0 saturated carbocycles. The van der Waals surface area contributed by atoms with E-state index in [1.54, 1.807) is 24.4 Å². The Morgan fingerprint density at radius 2 is 2.27 bits per heavy atom. The van der Waals surface area contributed by atoms with Gasteiger partial charge in [0.15, 0.2) is 0 Å². The highest BCUT2D eigenvalue weighted by Gasteiger charge is 2.09. The molecule has 1 aromatic heterocycles. The van der Waals surface area contributed by atoms with Crippen LogP contribution in [-0.2, 0) is 4.84 Å². The molecular weight excluding hydrogens is 216 g/mol. The van der Waals surface area contributed by atoms with E-state index < -0.39 is 0 Å². The second-order valence-corrected chi connectivity index (χ2v) is 3.38. The first-order chi connectivity index (χ1) is 7.24. The van der Waals surface area contributed by atoms with Crippen molar-refractivity contribution in [3.8, 4) is 0 Å². The van der Waals surface area contributed by atoms with Gasteiger partial charge in [-0.1, -0.05) is 17.7 Å². The van der Waals surface area contributed by atoms with E-state index in [-0.39, 0.29) is 6.03 Å². The maximum absolute atomic E-state index is 11.5. The summed E-state index contributed by atoms with van der Waals surface area (Å²) in [7, 11) is 1.39. The van der Waals surface area contributed by atoms with E-state index in [1.807, 2.05) is 6.07 Å². The van der Waals surface area contributed by atoms with Crippen LogP contribution in [0.4, 0.5) is 4.79 Å². The molecule has 0 aliphatic heterocycles. The fourth-order valence-electron chi connectivity index (χ4n) is 1.44. The number of hydrogen-bond donors (Lipinski definition) is 1. The maximum Gasteiger partial charge on any atom is 0.349 e. The van der Waals surface area contributed by atoms with Gasteiger partial charge in [-0.3, -0.25) is 9.40 Å². The highest BCUT2D eigenvalue weighted by molar-refractivity contribution is 6.35. The molecule has 1 heterocycles. The second-order valence-electron chi connectivity index (χ2n) is 2.97. The maximum atomic E-state index is 11.5. The first kappa shape index (κ1) is 10.0. The van der Waals surface area contributed by atoms with Gasteiger partial charge in [0.25, 0.3) is 0 Å². The van der Waals surface area contributed by atoms with Crippen molar-refractivity contribution in [2.24, 2.45) is 0 Å². The molecule has 78 valence electrons. The SMILES string of the molecule is CONC(=O)n1ccc2c(Cl)cccc21. The standard InChI is InChI=1S/C10H9ClN2O2/c1-15-12-10(14)13-6-5-7-8(11)3-2-4-9(7)13/h2-6H,1H3,(H,12,14). The van der Waals surface area contributed by atoms with E-state index in [9.17, 15) is 4.79 Å². The molecule has 2 aromatic rings. The number of hydrogen-bond acceptors (Lipinski definition) is 2. The van der Waals surface area contributed by atoms with Crippen molar-refractivity contribution >= 4 is 28.5 Å². The molecule has 0 saturated heterocycles. The van der Waals surface area contributed by atoms with Crippen LogP contribution < -0.4 is 5.48 Å². The molecule has 0 unspecified atom stereocenters. The summed E-state index contributed by atoms with van der Waals surface area (Å²) in [4.78, 5) is 16.1. The van der Waals surface area contributed by atoms with Crippen molar-refractivity contribution in [3.05, 3.63) is 35.5 Å². The summed E-state index contributed by atoms with van der Waals surface area (Å²) in [5, 5.41) is 1.46. The highest BCUT2D eigenvalue weighted by atomic mass is 35.5. The van der Waals surface area contributed by atoms with Gasteiger partial charge < -0.3 is 0 Å². The Labute approximate surface area is 91.3 Å². The lowest BCUT2D eigenvalue weighted by Gasteiger charge is -2.04. The molecule has 2 rings (SSSR count). The van der Waals surface area contributed by atoms with E-state index in [2.05, 4.69) is 10.3 Å². The number of nitrogens with zero attached hydrogens (tertiary/aromatic N) is 1. The van der Waals surface area contributed by atoms with Crippen molar-refractivity contribution in [3.63, 3.8) is 0 Å². The number of hydroxylamine groups is 1. The number of halogens is 1. The molecule has 4 nitrogen and oxygen atoms in total. The zero-order valence-corrected chi connectivity index (χ0v) is 8.78. The minimum absolute atomic E-state index is 0.352. The van der Waals surface area contributed by atoms with Crippen molar-refractivity contribution in [1.82, 2.24) is 10.0 Å². The number of amides is 1. The normalized spacial score (nSPS) is 10.5. The minimum atomic E-state index is -0.352. The van der Waals surface area contributed by atoms with Crippen LogP contribution in [-0.4, -0.2) is 17.7 Å². The fraction of sp³-hybridized carbons (Fsp3) is 0.100. The van der Waals surface area contributed by atoms with Gasteiger partial charge in [0.05, 0.1) is 12.6 Å². The lowest BCUT2D eigenvalue weighted by atomic mass is 10.2. The van der Waals surface area contributed by atoms with Crippen LogP contribution in [0.3, 0.4) is 0 Å². The third kappa shape index (κ3) is 1.69. The smallest absolute Gasteiger partial charge is 0.275 e. The average Bonchev–Trinajstić information content (AvgIpc) is 2.63. The van der Waals surface area contributed by atoms with Crippen LogP contribution in [0.1, 0.15) is 0 Å². The molecule has 0 aliphatic rings. The van der Waals surface area contributed by atoms with Crippen LogP contribution in [0.15, 0.2) is 30.5 Å². The van der Waals surface area contributed by atoms with E-state index >= 15 is 0 Å². The van der Waals surface area contributed by atoms with E-state index in [0.717, 1.165) is 10.9 Å². The number of rotatable bonds is 1. The molecule has 0 atom stereocenters. The molecule has 0 aliphatic carbocycles. The van der Waals surface area contributed by atoms with Gasteiger partial charge >= 0.3 is 6.03 Å². The Morgan fingerprint density at radius 1 is 1.47 bits per heavy atom. The zero-order valence-electron chi connectivity index (χ0n) is 8.03. The summed E-state index contributed by atoms with van der Waals surface area (Å²) in [6.07, 6.45) is 1.64. The zero-order chi connectivity index (χ0) is 10.8. The number of fused-ring (bicyclic) bond motifs is 1. The summed E-state index contributed by atoms with van der Waals surface area (Å²) in [5.41, 5.74) is 2.99. The predicted molar refractivity (Wildman–Crippen MR) is 57.9 cm³/mol. The van der Waals surface area contributed by atoms with Crippen LogP contribution in [0, 0.1) is 0 Å². The van der Waals surface area contributed by atoms with Crippen molar-refractivity contribution in [1.29, 1.82) is 0 Å². The van der Waals surface area contributed by atoms with Gasteiger partial charge in [-0.15, -0.1) is 0 Å². The van der Waals surface area contributed by atoms with Crippen LogP contribution >= 0.6 is 11.6 Å². The number of benzene rings is 1. The molecular formula is C10H9ClN2O2. The summed E-state index contributed by atoms with van der Waals surface area (Å²) in [5.74, 6) is 0. The van der Waals surface area contributed by atoms with E-state index in [1.165, 1.54) is 11.7 Å². The Balaban J connectivity index is 2.54. The van der Waals surface area contributed by atoms with Crippen LogP contribution in [0.2, 0.25) is 5.02 Å². The quantitative estimate of drug-likeness (QED) is 0.756. The van der Waals surface area contributed by atoms with Gasteiger partial charge in [-0.2, -0.15) is 0 Å². The third-order valence-corrected chi connectivity index (χ3v) is 2.42. The minimum Gasteiger partial charge on any atom is -0.275 e. The molecule has 1 N–H and O–H groups in total. The summed E-state index contributed by atoms with van der Waals surface area (Å²) in [6.45, 7) is 0.